The summed E-state index contributed by atoms with van der Waals surface area (Å²) in [6.45, 7) is 5.74. The van der Waals surface area contributed by atoms with Crippen molar-refractivity contribution in [3.05, 3.63) is 0 Å². The molecule has 8 N–H and O–H groups in total. The maximum absolute atomic E-state index is 10.2. The number of aliphatic hydroxyl groups is 4. The maximum Gasteiger partial charge on any atom is 0.332 e. The number of aliphatic hydroxyl groups excluding tert-OH is 3. The number of nitrogens with zero attached hydrogens (tertiary/aromatic N) is 1. The summed E-state index contributed by atoms with van der Waals surface area (Å²) in [7, 11) is 6.16. The zero-order chi connectivity index (χ0) is 28.7. The van der Waals surface area contributed by atoms with Crippen molar-refractivity contribution in [1.82, 2.24) is 0 Å². The van der Waals surface area contributed by atoms with Gasteiger partial charge in [-0.05, 0) is 13.3 Å². The number of likely N-dealkylation sites (N-methyl/N-ethyl adjacent to an activating group) is 1. The Bertz CT molecular complexity index is 566. The van der Waals surface area contributed by atoms with E-state index >= 15 is 0 Å². The molecule has 0 spiro atoms. The Balaban J connectivity index is -0.000000114. The lowest BCUT2D eigenvalue weighted by Crippen LogP contribution is -2.51. The van der Waals surface area contributed by atoms with Gasteiger partial charge >= 0.3 is 17.9 Å². The van der Waals surface area contributed by atoms with E-state index in [1.165, 1.54) is 0 Å². The molecule has 0 amide bonds. The summed E-state index contributed by atoms with van der Waals surface area (Å²) in [5.74, 6) is -7.33. The van der Waals surface area contributed by atoms with E-state index in [2.05, 4.69) is 21.1 Å². The Morgan fingerprint density at radius 1 is 0.882 bits per heavy atom. The first kappa shape index (κ1) is 41.4. The molecule has 0 aliphatic carbocycles. The second kappa shape index (κ2) is 23.3. The zero-order valence-electron chi connectivity index (χ0n) is 20.3. The van der Waals surface area contributed by atoms with Crippen LogP contribution < -0.4 is 5.11 Å². The Hall–Kier alpha value is -2.85. The van der Waals surface area contributed by atoms with Gasteiger partial charge in [-0.2, -0.15) is 0 Å². The molecule has 1 atom stereocenters. The number of hydrogen-bond acceptors (Lipinski definition) is 10. The molecule has 0 aromatic carbocycles. The van der Waals surface area contributed by atoms with Gasteiger partial charge in [0.1, 0.15) is 12.1 Å². The van der Waals surface area contributed by atoms with Crippen LogP contribution in [0.4, 0.5) is 0 Å². The van der Waals surface area contributed by atoms with E-state index in [9.17, 15) is 24.3 Å². The van der Waals surface area contributed by atoms with Crippen molar-refractivity contribution in [2.24, 2.45) is 0 Å². The standard InChI is InChI=1S/C6H8O7.C5H14NO.C4H8O3.C2H4O2.C2H6O/c7-3(8)1-6(13,5(11)12)2-4(9)10;1-6(2,3)4-5-7;1-2-3(5)4(6)7;1-2(3)4;1-2-3/h13H,1-2H2,(H,7,8)(H,9,10)(H,11,12);7H,4-5H2,1-3H3;3,5H,2H2,1H3,(H,6,7);1H3,(H,3,4);3H,2H2,1H3/q;+1;;;/p-1. The minimum absolute atomic E-state index is 0.250. The fourth-order valence-corrected chi connectivity index (χ4v) is 1.18. The smallest absolute Gasteiger partial charge is 0.332 e. The van der Waals surface area contributed by atoms with Gasteiger partial charge in [0, 0.05) is 13.5 Å². The first-order chi connectivity index (χ1) is 15.2. The number of hydrogen-bond donors (Lipinski definition) is 8. The molecular weight excluding hydrogens is 466 g/mol. The van der Waals surface area contributed by atoms with Crippen molar-refractivity contribution in [3.63, 3.8) is 0 Å². The highest BCUT2D eigenvalue weighted by molar-refractivity contribution is 5.86. The predicted octanol–water partition coefficient (Wildman–Crippen LogP) is -2.97. The van der Waals surface area contributed by atoms with E-state index in [-0.39, 0.29) is 19.6 Å². The fourth-order valence-electron chi connectivity index (χ4n) is 1.18. The van der Waals surface area contributed by atoms with E-state index in [1.54, 1.807) is 13.8 Å². The lowest BCUT2D eigenvalue weighted by atomic mass is 9.96. The average molecular weight is 506 g/mol. The molecule has 0 radical (unpaired) electrons. The van der Waals surface area contributed by atoms with Crippen molar-refractivity contribution in [3.8, 4) is 0 Å². The maximum atomic E-state index is 10.2. The molecule has 204 valence electrons. The molecule has 34 heavy (non-hydrogen) atoms. The van der Waals surface area contributed by atoms with E-state index in [0.29, 0.717) is 0 Å². The van der Waals surface area contributed by atoms with Crippen molar-refractivity contribution >= 4 is 29.8 Å². The number of carboxylic acid groups (broad SMARTS) is 5. The van der Waals surface area contributed by atoms with Crippen LogP contribution in [-0.2, 0) is 24.0 Å². The molecule has 0 bridgehead atoms. The lowest BCUT2D eigenvalue weighted by Gasteiger charge is -2.25. The largest absolute Gasteiger partial charge is 0.547 e. The van der Waals surface area contributed by atoms with Crippen LogP contribution >= 0.6 is 0 Å². The Morgan fingerprint density at radius 3 is 1.24 bits per heavy atom. The summed E-state index contributed by atoms with van der Waals surface area (Å²) in [5.41, 5.74) is -2.85. The molecule has 0 rings (SSSR count). The van der Waals surface area contributed by atoms with Crippen LogP contribution in [0.3, 0.4) is 0 Å². The van der Waals surface area contributed by atoms with Crippen LogP contribution in [0, 0.1) is 0 Å². The highest BCUT2D eigenvalue weighted by atomic mass is 16.4. The summed E-state index contributed by atoms with van der Waals surface area (Å²) < 4.78 is 0.844. The minimum atomic E-state index is -2.85. The predicted molar refractivity (Wildman–Crippen MR) is 114 cm³/mol. The summed E-state index contributed by atoms with van der Waals surface area (Å²) in [6.07, 6.45) is -3.32. The molecule has 0 fully saturated rings. The summed E-state index contributed by atoms with van der Waals surface area (Å²) in [6, 6.07) is 0. The minimum Gasteiger partial charge on any atom is -0.547 e. The monoisotopic (exact) mass is 505 g/mol. The van der Waals surface area contributed by atoms with Gasteiger partial charge in [0.05, 0.1) is 46.6 Å². The molecule has 1 unspecified atom stereocenters. The van der Waals surface area contributed by atoms with Crippen LogP contribution in [-0.4, -0.2) is 128 Å². The molecule has 0 heterocycles. The Labute approximate surface area is 197 Å². The number of carbonyl (C=O) groups is 5. The number of aliphatic carboxylic acids is 5. The first-order valence-corrected chi connectivity index (χ1v) is 9.67. The van der Waals surface area contributed by atoms with Crippen molar-refractivity contribution in [2.45, 2.75) is 51.7 Å². The molecule has 15 heteroatoms. The highest BCUT2D eigenvalue weighted by Gasteiger charge is 2.34. The van der Waals surface area contributed by atoms with Gasteiger partial charge in [0.15, 0.2) is 6.10 Å². The van der Waals surface area contributed by atoms with Crippen LogP contribution in [0.2, 0.25) is 0 Å². The third kappa shape index (κ3) is 43.1. The number of carbonyl (C=O) groups excluding carboxylic acids is 1. The van der Waals surface area contributed by atoms with Gasteiger partial charge in [-0.15, -0.1) is 0 Å². The van der Waals surface area contributed by atoms with E-state index in [1.807, 2.05) is 0 Å². The fraction of sp³-hybridized carbons (Fsp3) is 0.737. The summed E-state index contributed by atoms with van der Waals surface area (Å²) in [4.78, 5) is 49.0. The Morgan fingerprint density at radius 2 is 1.18 bits per heavy atom. The molecule has 0 aliphatic rings. The van der Waals surface area contributed by atoms with E-state index in [4.69, 9.17) is 45.6 Å². The second-order valence-electron chi connectivity index (χ2n) is 7.30. The van der Waals surface area contributed by atoms with E-state index < -0.39 is 54.4 Å². The molecule has 0 aromatic rings. The number of quaternary nitrogens is 1. The molecule has 15 nitrogen and oxygen atoms in total. The van der Waals surface area contributed by atoms with Gasteiger partial charge in [0.2, 0.25) is 0 Å². The van der Waals surface area contributed by atoms with Crippen LogP contribution in [0.1, 0.15) is 40.0 Å². The lowest BCUT2D eigenvalue weighted by molar-refractivity contribution is -0.870. The quantitative estimate of drug-likeness (QED) is 0.145. The van der Waals surface area contributed by atoms with Gasteiger partial charge < -0.3 is 55.2 Å². The first-order valence-electron chi connectivity index (χ1n) is 9.67. The number of carboxylic acids is 5. The van der Waals surface area contributed by atoms with Crippen molar-refractivity contribution in [2.75, 3.05) is 40.9 Å². The second-order valence-corrected chi connectivity index (χ2v) is 7.30. The van der Waals surface area contributed by atoms with Crippen molar-refractivity contribution in [1.29, 1.82) is 0 Å². The highest BCUT2D eigenvalue weighted by Crippen LogP contribution is 2.14. The van der Waals surface area contributed by atoms with Crippen LogP contribution in [0.5, 0.6) is 0 Å². The summed E-state index contributed by atoms with van der Waals surface area (Å²) >= 11 is 0. The average Bonchev–Trinajstić information content (AvgIpc) is 2.59. The molecule has 0 aliphatic heterocycles. The van der Waals surface area contributed by atoms with Gasteiger partial charge in [-0.1, -0.05) is 6.92 Å². The normalized spacial score (nSPS) is 10.6. The zero-order valence-corrected chi connectivity index (χ0v) is 20.3. The van der Waals surface area contributed by atoms with Crippen molar-refractivity contribution < 1.29 is 74.4 Å². The topological polar surface area (TPSA) is 270 Å². The van der Waals surface area contributed by atoms with Gasteiger partial charge in [0.25, 0.3) is 5.97 Å². The van der Waals surface area contributed by atoms with Gasteiger partial charge in [-0.3, -0.25) is 14.4 Å². The summed E-state index contributed by atoms with van der Waals surface area (Å²) in [5, 5.41) is 75.2. The molecular formula is C19H39NO14. The van der Waals surface area contributed by atoms with Crippen LogP contribution in [0.15, 0.2) is 0 Å². The van der Waals surface area contributed by atoms with Gasteiger partial charge in [-0.25, -0.2) is 4.79 Å². The number of rotatable bonds is 9. The molecule has 0 saturated heterocycles. The third-order valence-electron chi connectivity index (χ3n) is 2.71. The molecule has 0 saturated carbocycles. The SMILES string of the molecule is CC(=O)O.CCC(O)C(=O)O.CCO.C[N+](C)(C)CCO.O=C(O)CC(O)(CC(=O)O)C(=O)[O-]. The Kier molecular flexibility index (Phi) is 28.4. The molecule has 0 aromatic heterocycles. The third-order valence-corrected chi connectivity index (χ3v) is 2.71. The van der Waals surface area contributed by atoms with Crippen LogP contribution in [0.25, 0.3) is 0 Å². The van der Waals surface area contributed by atoms with E-state index in [0.717, 1.165) is 18.0 Å².